The third-order valence-electron chi connectivity index (χ3n) is 4.10. The van der Waals surface area contributed by atoms with Crippen molar-refractivity contribution >= 4 is 5.91 Å². The number of likely N-dealkylation sites (tertiary alicyclic amines) is 1. The molecule has 5 nitrogen and oxygen atoms in total. The van der Waals surface area contributed by atoms with Crippen molar-refractivity contribution in [3.05, 3.63) is 53.1 Å². The van der Waals surface area contributed by atoms with Gasteiger partial charge in [-0.1, -0.05) is 18.2 Å². The summed E-state index contributed by atoms with van der Waals surface area (Å²) in [6.45, 7) is 1.65. The summed E-state index contributed by atoms with van der Waals surface area (Å²) in [5.41, 5.74) is -0.607. The zero-order valence-corrected chi connectivity index (χ0v) is 12.8. The second-order valence-corrected chi connectivity index (χ2v) is 5.83. The van der Waals surface area contributed by atoms with Crippen LogP contribution in [-0.4, -0.2) is 38.5 Å². The predicted molar refractivity (Wildman–Crippen MR) is 79.2 cm³/mol. The Bertz CT molecular complexity index is 757. The Morgan fingerprint density at radius 2 is 2.08 bits per heavy atom. The summed E-state index contributed by atoms with van der Waals surface area (Å²) in [7, 11) is 0. The highest BCUT2D eigenvalue weighted by atomic mass is 19.4. The van der Waals surface area contributed by atoms with Crippen molar-refractivity contribution in [2.75, 3.05) is 6.54 Å². The highest BCUT2D eigenvalue weighted by Crippen LogP contribution is 2.40. The van der Waals surface area contributed by atoms with E-state index in [-0.39, 0.29) is 24.2 Å². The van der Waals surface area contributed by atoms with Gasteiger partial charge in [0.25, 0.3) is 5.91 Å². The van der Waals surface area contributed by atoms with Gasteiger partial charge in [-0.15, -0.1) is 0 Å². The van der Waals surface area contributed by atoms with Gasteiger partial charge in [-0.05, 0) is 25.0 Å². The number of carbonyl (C=O) groups excluding carboxylic acids is 1. The molecule has 0 unspecified atom stereocenters. The number of aromatic amines is 1. The zero-order chi connectivity index (χ0) is 17.5. The van der Waals surface area contributed by atoms with Crippen molar-refractivity contribution in [2.24, 2.45) is 0 Å². The molecular formula is C16H16F3N3O2. The molecule has 2 N–H and O–H groups in total. The molecule has 1 fully saturated rings. The van der Waals surface area contributed by atoms with E-state index < -0.39 is 29.8 Å². The Morgan fingerprint density at radius 3 is 2.71 bits per heavy atom. The quantitative estimate of drug-likeness (QED) is 0.884. The molecule has 0 aliphatic carbocycles. The maximum absolute atomic E-state index is 13.3. The average Bonchev–Trinajstić information content (AvgIpc) is 3.12. The van der Waals surface area contributed by atoms with E-state index in [4.69, 9.17) is 0 Å². The lowest BCUT2D eigenvalue weighted by Crippen LogP contribution is -2.33. The Morgan fingerprint density at radius 1 is 1.38 bits per heavy atom. The molecule has 8 heteroatoms. The summed E-state index contributed by atoms with van der Waals surface area (Å²) in [4.78, 5) is 20.6. The highest BCUT2D eigenvalue weighted by Gasteiger charge is 2.41. The highest BCUT2D eigenvalue weighted by molar-refractivity contribution is 5.92. The number of amides is 1. The van der Waals surface area contributed by atoms with Crippen LogP contribution in [0.25, 0.3) is 0 Å². The summed E-state index contributed by atoms with van der Waals surface area (Å²) in [5.74, 6) is 0.0551. The lowest BCUT2D eigenvalue weighted by atomic mass is 9.97. The molecular weight excluding hydrogens is 323 g/mol. The Balaban J connectivity index is 1.99. The largest absolute Gasteiger partial charge is 0.416 e. The number of carbonyl (C=O) groups is 1. The van der Waals surface area contributed by atoms with Gasteiger partial charge in [0.1, 0.15) is 11.5 Å². The number of halogens is 3. The standard InChI is InChI=1S/C16H16F3N3O2/c1-9-20-7-13(21-9)15(24)22-8-10(23)6-14(22)11-4-2-3-5-12(11)16(17,18)19/h2-5,7,10,14,23H,6,8H2,1H3,(H,20,21)/t10-,14+/m0/s1. The smallest absolute Gasteiger partial charge is 0.391 e. The Kier molecular flexibility index (Phi) is 4.08. The molecule has 1 aromatic carbocycles. The molecule has 128 valence electrons. The third-order valence-corrected chi connectivity index (χ3v) is 4.10. The second-order valence-electron chi connectivity index (χ2n) is 5.83. The van der Waals surface area contributed by atoms with E-state index in [1.807, 2.05) is 0 Å². The number of imidazole rings is 1. The van der Waals surface area contributed by atoms with E-state index in [0.717, 1.165) is 6.07 Å². The molecule has 0 saturated carbocycles. The minimum absolute atomic E-state index is 0.00821. The van der Waals surface area contributed by atoms with Crippen LogP contribution in [0.15, 0.2) is 30.5 Å². The SMILES string of the molecule is Cc1ncc(C(=O)N2C[C@@H](O)C[C@@H]2c2ccccc2C(F)(F)F)[nH]1. The molecule has 2 atom stereocenters. The number of rotatable bonds is 2. The van der Waals surface area contributed by atoms with Gasteiger partial charge < -0.3 is 15.0 Å². The Labute approximate surface area is 136 Å². The molecule has 2 heterocycles. The van der Waals surface area contributed by atoms with Crippen molar-refractivity contribution < 1.29 is 23.1 Å². The summed E-state index contributed by atoms with van der Waals surface area (Å²) < 4.78 is 39.8. The van der Waals surface area contributed by atoms with Crippen LogP contribution >= 0.6 is 0 Å². The van der Waals surface area contributed by atoms with Crippen molar-refractivity contribution in [1.82, 2.24) is 14.9 Å². The number of aliphatic hydroxyl groups excluding tert-OH is 1. The van der Waals surface area contributed by atoms with Crippen molar-refractivity contribution in [2.45, 2.75) is 31.7 Å². The number of alkyl halides is 3. The molecule has 1 amide bonds. The molecule has 1 aliphatic rings. The van der Waals surface area contributed by atoms with Crippen LogP contribution in [0.4, 0.5) is 13.2 Å². The number of aliphatic hydroxyl groups is 1. The number of H-pyrrole nitrogens is 1. The average molecular weight is 339 g/mol. The van der Waals surface area contributed by atoms with Crippen LogP contribution in [-0.2, 0) is 6.18 Å². The van der Waals surface area contributed by atoms with E-state index >= 15 is 0 Å². The number of aryl methyl sites for hydroxylation is 1. The first-order chi connectivity index (χ1) is 11.3. The van der Waals surface area contributed by atoms with Gasteiger partial charge in [0.15, 0.2) is 0 Å². The second kappa shape index (κ2) is 5.94. The van der Waals surface area contributed by atoms with E-state index in [1.165, 1.54) is 29.3 Å². The first-order valence-corrected chi connectivity index (χ1v) is 7.44. The molecule has 1 aliphatic heterocycles. The van der Waals surface area contributed by atoms with Crippen LogP contribution in [0.1, 0.15) is 39.9 Å². The lowest BCUT2D eigenvalue weighted by Gasteiger charge is -2.26. The molecule has 0 spiro atoms. The van der Waals surface area contributed by atoms with Crippen LogP contribution in [0.2, 0.25) is 0 Å². The normalized spacial score (nSPS) is 21.3. The summed E-state index contributed by atoms with van der Waals surface area (Å²) in [5, 5.41) is 9.93. The van der Waals surface area contributed by atoms with Gasteiger partial charge in [-0.2, -0.15) is 13.2 Å². The Hall–Kier alpha value is -2.35. The van der Waals surface area contributed by atoms with Crippen molar-refractivity contribution in [3.8, 4) is 0 Å². The van der Waals surface area contributed by atoms with Crippen molar-refractivity contribution in [3.63, 3.8) is 0 Å². The molecule has 3 rings (SSSR count). The van der Waals surface area contributed by atoms with Crippen LogP contribution in [0.5, 0.6) is 0 Å². The fourth-order valence-electron chi connectivity index (χ4n) is 3.06. The van der Waals surface area contributed by atoms with Gasteiger partial charge in [0, 0.05) is 6.54 Å². The maximum atomic E-state index is 13.3. The summed E-state index contributed by atoms with van der Waals surface area (Å²) >= 11 is 0. The number of β-amino-alcohol motifs (C(OH)–C–C–N with tert-alkyl or cyclic N) is 1. The van der Waals surface area contributed by atoms with Crippen LogP contribution in [0.3, 0.4) is 0 Å². The lowest BCUT2D eigenvalue weighted by molar-refractivity contribution is -0.138. The van der Waals surface area contributed by atoms with Crippen molar-refractivity contribution in [1.29, 1.82) is 0 Å². The first-order valence-electron chi connectivity index (χ1n) is 7.44. The minimum atomic E-state index is -4.52. The zero-order valence-electron chi connectivity index (χ0n) is 12.8. The van der Waals surface area contributed by atoms with E-state index in [1.54, 1.807) is 6.92 Å². The number of nitrogens with zero attached hydrogens (tertiary/aromatic N) is 2. The van der Waals surface area contributed by atoms with Gasteiger partial charge in [-0.3, -0.25) is 4.79 Å². The van der Waals surface area contributed by atoms with Gasteiger partial charge in [0.2, 0.25) is 0 Å². The van der Waals surface area contributed by atoms with Crippen LogP contribution in [0, 0.1) is 6.92 Å². The fraction of sp³-hybridized carbons (Fsp3) is 0.375. The molecule has 24 heavy (non-hydrogen) atoms. The summed E-state index contributed by atoms with van der Waals surface area (Å²) in [6, 6.07) is 4.31. The molecule has 2 aromatic rings. The van der Waals surface area contributed by atoms with E-state index in [0.29, 0.717) is 5.82 Å². The number of aromatic nitrogens is 2. The van der Waals surface area contributed by atoms with E-state index in [9.17, 15) is 23.1 Å². The van der Waals surface area contributed by atoms with Gasteiger partial charge in [-0.25, -0.2) is 4.98 Å². The fourth-order valence-corrected chi connectivity index (χ4v) is 3.06. The molecule has 0 radical (unpaired) electrons. The number of hydrogen-bond donors (Lipinski definition) is 2. The topological polar surface area (TPSA) is 69.2 Å². The molecule has 0 bridgehead atoms. The third kappa shape index (κ3) is 3.01. The maximum Gasteiger partial charge on any atom is 0.416 e. The van der Waals surface area contributed by atoms with Gasteiger partial charge in [0.05, 0.1) is 23.9 Å². The molecule has 1 aromatic heterocycles. The predicted octanol–water partition coefficient (Wildman–Crippen LogP) is 2.69. The number of nitrogens with one attached hydrogen (secondary N) is 1. The van der Waals surface area contributed by atoms with Crippen LogP contribution < -0.4 is 0 Å². The number of hydrogen-bond acceptors (Lipinski definition) is 3. The van der Waals surface area contributed by atoms with Gasteiger partial charge >= 0.3 is 6.18 Å². The first kappa shape index (κ1) is 16.5. The minimum Gasteiger partial charge on any atom is -0.391 e. The number of benzene rings is 1. The molecule has 1 saturated heterocycles. The van der Waals surface area contributed by atoms with E-state index in [2.05, 4.69) is 9.97 Å². The monoisotopic (exact) mass is 339 g/mol. The summed E-state index contributed by atoms with van der Waals surface area (Å²) in [6.07, 6.45) is -3.99.